The molecule has 1 amide bonds. The number of carboxylic acid groups (broad SMARTS) is 1. The minimum atomic E-state index is -1.17. The first kappa shape index (κ1) is 17.4. The quantitative estimate of drug-likeness (QED) is 0.810. The fourth-order valence-corrected chi connectivity index (χ4v) is 1.80. The number of ether oxygens (including phenoxy) is 1. The molecule has 0 fully saturated rings. The molecule has 0 aromatic carbocycles. The van der Waals surface area contributed by atoms with Crippen LogP contribution < -0.4 is 5.32 Å². The van der Waals surface area contributed by atoms with Crippen LogP contribution >= 0.6 is 11.6 Å². The lowest BCUT2D eigenvalue weighted by Crippen LogP contribution is -2.43. The number of hydrogen-bond donors (Lipinski definition) is 2. The number of amides is 1. The van der Waals surface area contributed by atoms with Crippen molar-refractivity contribution in [2.45, 2.75) is 32.2 Å². The summed E-state index contributed by atoms with van der Waals surface area (Å²) in [6.45, 7) is 5.71. The molecule has 0 aliphatic carbocycles. The predicted molar refractivity (Wildman–Crippen MR) is 78.7 cm³/mol. The average Bonchev–Trinajstić information content (AvgIpc) is 2.36. The van der Waals surface area contributed by atoms with Gasteiger partial charge < -0.3 is 15.2 Å². The SMILES string of the molecule is COCC(NC(=O)c1cc(Cl)nc(C(C)(C)C)c1)C(=O)O. The zero-order valence-electron chi connectivity index (χ0n) is 12.4. The Hall–Kier alpha value is -1.66. The van der Waals surface area contributed by atoms with Crippen molar-refractivity contribution in [1.29, 1.82) is 0 Å². The van der Waals surface area contributed by atoms with Crippen LogP contribution in [0.1, 0.15) is 36.8 Å². The molecule has 21 heavy (non-hydrogen) atoms. The number of halogens is 1. The van der Waals surface area contributed by atoms with E-state index in [-0.39, 0.29) is 22.7 Å². The van der Waals surface area contributed by atoms with Crippen LogP contribution in [0.3, 0.4) is 0 Å². The Labute approximate surface area is 128 Å². The van der Waals surface area contributed by atoms with E-state index in [2.05, 4.69) is 10.3 Å². The van der Waals surface area contributed by atoms with Crippen molar-refractivity contribution >= 4 is 23.5 Å². The van der Waals surface area contributed by atoms with Gasteiger partial charge in [0, 0.05) is 23.8 Å². The summed E-state index contributed by atoms with van der Waals surface area (Å²) < 4.78 is 4.77. The number of carbonyl (C=O) groups is 2. The highest BCUT2D eigenvalue weighted by molar-refractivity contribution is 6.29. The maximum atomic E-state index is 12.1. The molecular weight excluding hydrogens is 296 g/mol. The van der Waals surface area contributed by atoms with E-state index in [1.807, 2.05) is 20.8 Å². The summed E-state index contributed by atoms with van der Waals surface area (Å²) >= 11 is 5.93. The zero-order chi connectivity index (χ0) is 16.2. The van der Waals surface area contributed by atoms with Gasteiger partial charge in [0.05, 0.1) is 6.61 Å². The highest BCUT2D eigenvalue weighted by Gasteiger charge is 2.23. The van der Waals surface area contributed by atoms with Crippen LogP contribution in [-0.4, -0.2) is 41.7 Å². The minimum absolute atomic E-state index is 0.119. The second-order valence-electron chi connectivity index (χ2n) is 5.63. The van der Waals surface area contributed by atoms with Gasteiger partial charge in [0.15, 0.2) is 6.04 Å². The number of aliphatic carboxylic acids is 1. The molecule has 1 rings (SSSR count). The Morgan fingerprint density at radius 2 is 2.05 bits per heavy atom. The summed E-state index contributed by atoms with van der Waals surface area (Å²) in [5, 5.41) is 11.6. The number of nitrogens with one attached hydrogen (secondary N) is 1. The maximum Gasteiger partial charge on any atom is 0.328 e. The maximum absolute atomic E-state index is 12.1. The topological polar surface area (TPSA) is 88.5 Å². The number of carboxylic acids is 1. The van der Waals surface area contributed by atoms with Gasteiger partial charge in [-0.2, -0.15) is 0 Å². The van der Waals surface area contributed by atoms with Crippen molar-refractivity contribution in [3.8, 4) is 0 Å². The molecule has 0 aliphatic rings. The van der Waals surface area contributed by atoms with Crippen molar-refractivity contribution in [2.24, 2.45) is 0 Å². The zero-order valence-corrected chi connectivity index (χ0v) is 13.2. The van der Waals surface area contributed by atoms with Gasteiger partial charge in [-0.05, 0) is 12.1 Å². The van der Waals surface area contributed by atoms with E-state index in [1.165, 1.54) is 13.2 Å². The molecule has 6 nitrogen and oxygen atoms in total. The molecular formula is C14H19ClN2O4. The van der Waals surface area contributed by atoms with Crippen LogP contribution in [0.15, 0.2) is 12.1 Å². The number of aromatic nitrogens is 1. The number of nitrogens with zero attached hydrogens (tertiary/aromatic N) is 1. The van der Waals surface area contributed by atoms with Crippen LogP contribution in [0.2, 0.25) is 5.15 Å². The van der Waals surface area contributed by atoms with Crippen molar-refractivity contribution < 1.29 is 19.4 Å². The third kappa shape index (κ3) is 4.99. The molecule has 1 unspecified atom stereocenters. The van der Waals surface area contributed by atoms with E-state index in [0.717, 1.165) is 0 Å². The smallest absolute Gasteiger partial charge is 0.328 e. The van der Waals surface area contributed by atoms with Crippen LogP contribution in [0.5, 0.6) is 0 Å². The van der Waals surface area contributed by atoms with Gasteiger partial charge in [-0.15, -0.1) is 0 Å². The van der Waals surface area contributed by atoms with E-state index in [1.54, 1.807) is 6.07 Å². The van der Waals surface area contributed by atoms with E-state index in [4.69, 9.17) is 21.4 Å². The Morgan fingerprint density at radius 3 is 2.52 bits per heavy atom. The van der Waals surface area contributed by atoms with E-state index in [0.29, 0.717) is 5.69 Å². The van der Waals surface area contributed by atoms with E-state index in [9.17, 15) is 9.59 Å². The van der Waals surface area contributed by atoms with Gasteiger partial charge in [0.25, 0.3) is 5.91 Å². The van der Waals surface area contributed by atoms with Gasteiger partial charge in [0.2, 0.25) is 0 Å². The van der Waals surface area contributed by atoms with E-state index < -0.39 is 17.9 Å². The molecule has 0 aliphatic heterocycles. The van der Waals surface area contributed by atoms with Crippen LogP contribution in [0.4, 0.5) is 0 Å². The molecule has 0 spiro atoms. The molecule has 1 aromatic heterocycles. The summed E-state index contributed by atoms with van der Waals surface area (Å²) in [7, 11) is 1.36. The molecule has 0 bridgehead atoms. The Morgan fingerprint density at radius 1 is 1.43 bits per heavy atom. The summed E-state index contributed by atoms with van der Waals surface area (Å²) in [4.78, 5) is 27.3. The van der Waals surface area contributed by atoms with Gasteiger partial charge in [-0.1, -0.05) is 32.4 Å². The van der Waals surface area contributed by atoms with Gasteiger partial charge in [-0.25, -0.2) is 9.78 Å². The first-order chi connectivity index (χ1) is 9.65. The van der Waals surface area contributed by atoms with Crippen molar-refractivity contribution in [1.82, 2.24) is 10.3 Å². The fourth-order valence-electron chi connectivity index (χ4n) is 1.60. The van der Waals surface area contributed by atoms with Crippen molar-refractivity contribution in [3.05, 3.63) is 28.5 Å². The average molecular weight is 315 g/mol. The molecule has 1 aromatic rings. The minimum Gasteiger partial charge on any atom is -0.480 e. The molecule has 7 heteroatoms. The Bertz CT molecular complexity index is 540. The Balaban J connectivity index is 3.02. The summed E-state index contributed by atoms with van der Waals surface area (Å²) in [5.41, 5.74) is 0.639. The highest BCUT2D eigenvalue weighted by Crippen LogP contribution is 2.23. The summed E-state index contributed by atoms with van der Waals surface area (Å²) in [5.74, 6) is -1.70. The number of methoxy groups -OCH3 is 1. The van der Waals surface area contributed by atoms with Crippen molar-refractivity contribution in [2.75, 3.05) is 13.7 Å². The second kappa shape index (κ2) is 6.87. The van der Waals surface area contributed by atoms with Crippen LogP contribution in [0, 0.1) is 0 Å². The molecule has 0 saturated heterocycles. The lowest BCUT2D eigenvalue weighted by molar-refractivity contribution is -0.140. The number of carbonyl (C=O) groups excluding carboxylic acids is 1. The number of hydrogen-bond acceptors (Lipinski definition) is 4. The standard InChI is InChI=1S/C14H19ClN2O4/c1-14(2,3)10-5-8(6-11(15)17-10)12(18)16-9(7-21-4)13(19)20/h5-6,9H,7H2,1-4H3,(H,16,18)(H,19,20). The normalized spacial score (nSPS) is 12.8. The van der Waals surface area contributed by atoms with E-state index >= 15 is 0 Å². The lowest BCUT2D eigenvalue weighted by Gasteiger charge is -2.19. The summed E-state index contributed by atoms with van der Waals surface area (Å²) in [6, 6.07) is 1.89. The first-order valence-electron chi connectivity index (χ1n) is 6.36. The van der Waals surface area contributed by atoms with Gasteiger partial charge >= 0.3 is 5.97 Å². The van der Waals surface area contributed by atoms with Crippen molar-refractivity contribution in [3.63, 3.8) is 0 Å². The monoisotopic (exact) mass is 314 g/mol. The fraction of sp³-hybridized carbons (Fsp3) is 0.500. The molecule has 2 N–H and O–H groups in total. The molecule has 0 radical (unpaired) electrons. The molecule has 1 heterocycles. The third-order valence-corrected chi connectivity index (χ3v) is 2.96. The molecule has 116 valence electrons. The number of pyridine rings is 1. The van der Waals surface area contributed by atoms with Gasteiger partial charge in [0.1, 0.15) is 5.15 Å². The highest BCUT2D eigenvalue weighted by atomic mass is 35.5. The predicted octanol–water partition coefficient (Wildman–Crippen LogP) is 1.86. The van der Waals surface area contributed by atoms with Crippen LogP contribution in [0.25, 0.3) is 0 Å². The largest absolute Gasteiger partial charge is 0.480 e. The number of rotatable bonds is 5. The second-order valence-corrected chi connectivity index (χ2v) is 6.02. The molecule has 1 atom stereocenters. The van der Waals surface area contributed by atoms with Gasteiger partial charge in [-0.3, -0.25) is 4.79 Å². The van der Waals surface area contributed by atoms with Crippen LogP contribution in [-0.2, 0) is 14.9 Å². The lowest BCUT2D eigenvalue weighted by atomic mass is 9.91. The third-order valence-electron chi connectivity index (χ3n) is 2.76. The summed E-state index contributed by atoms with van der Waals surface area (Å²) in [6.07, 6.45) is 0. The first-order valence-corrected chi connectivity index (χ1v) is 6.73. The molecule has 0 saturated carbocycles. The Kier molecular flexibility index (Phi) is 5.69.